The average Bonchev–Trinajstić information content (AvgIpc) is 2.85. The van der Waals surface area contributed by atoms with E-state index < -0.39 is 0 Å². The number of hydrogen-bond donors (Lipinski definition) is 0. The second kappa shape index (κ2) is 6.46. The van der Waals surface area contributed by atoms with Crippen LogP contribution < -0.4 is 0 Å². The Kier molecular flexibility index (Phi) is 4.42. The summed E-state index contributed by atoms with van der Waals surface area (Å²) in [6.07, 6.45) is 3.55. The smallest absolute Gasteiger partial charge is 0.199 e. The van der Waals surface area contributed by atoms with Crippen LogP contribution in [0.3, 0.4) is 0 Å². The zero-order valence-corrected chi connectivity index (χ0v) is 12.9. The van der Waals surface area contributed by atoms with Crippen LogP contribution in [-0.4, -0.2) is 50.5 Å². The Morgan fingerprint density at radius 2 is 1.95 bits per heavy atom. The quantitative estimate of drug-likeness (QED) is 0.806. The molecule has 3 rings (SSSR count). The zero-order chi connectivity index (χ0) is 14.7. The molecule has 0 saturated carbocycles. The Morgan fingerprint density at radius 1 is 1.24 bits per heavy atom. The van der Waals surface area contributed by atoms with E-state index in [0.717, 1.165) is 49.0 Å². The van der Waals surface area contributed by atoms with Crippen molar-refractivity contribution in [1.29, 1.82) is 0 Å². The van der Waals surface area contributed by atoms with Crippen LogP contribution >= 0.6 is 12.2 Å². The third-order valence-electron chi connectivity index (χ3n) is 3.62. The summed E-state index contributed by atoms with van der Waals surface area (Å²) in [4.78, 5) is 6.37. The molecule has 0 N–H and O–H groups in total. The molecule has 1 aliphatic heterocycles. The molecule has 0 radical (unpaired) electrons. The van der Waals surface area contributed by atoms with Gasteiger partial charge in [-0.2, -0.15) is 5.10 Å². The zero-order valence-electron chi connectivity index (χ0n) is 12.1. The molecule has 0 aliphatic carbocycles. The second-order valence-electron chi connectivity index (χ2n) is 4.96. The second-order valence-corrected chi connectivity index (χ2v) is 5.32. The van der Waals surface area contributed by atoms with Crippen molar-refractivity contribution in [3.8, 4) is 11.4 Å². The lowest BCUT2D eigenvalue weighted by Gasteiger charge is -2.26. The minimum atomic E-state index is 0.716. The van der Waals surface area contributed by atoms with Gasteiger partial charge >= 0.3 is 0 Å². The normalized spacial score (nSPS) is 16.2. The molecule has 0 bridgehead atoms. The first-order chi connectivity index (χ1) is 10.3. The van der Waals surface area contributed by atoms with Gasteiger partial charge in [-0.3, -0.25) is 9.88 Å². The molecule has 1 saturated heterocycles. The van der Waals surface area contributed by atoms with Gasteiger partial charge < -0.3 is 9.30 Å². The van der Waals surface area contributed by atoms with Gasteiger partial charge in [-0.15, -0.1) is 0 Å². The Hall–Kier alpha value is -1.57. The minimum absolute atomic E-state index is 0.716. The molecular weight excluding hydrogens is 286 g/mol. The van der Waals surface area contributed by atoms with Crippen LogP contribution in [0.5, 0.6) is 0 Å². The van der Waals surface area contributed by atoms with E-state index in [1.807, 2.05) is 16.8 Å². The monoisotopic (exact) mass is 305 g/mol. The van der Waals surface area contributed by atoms with Gasteiger partial charge in [0.1, 0.15) is 0 Å². The largest absolute Gasteiger partial charge is 0.379 e. The van der Waals surface area contributed by atoms with Gasteiger partial charge in [0, 0.05) is 37.6 Å². The maximum atomic E-state index is 5.57. The summed E-state index contributed by atoms with van der Waals surface area (Å²) in [6, 6.07) is 3.92. The number of pyridine rings is 1. The first kappa shape index (κ1) is 14.4. The first-order valence-corrected chi connectivity index (χ1v) is 7.58. The van der Waals surface area contributed by atoms with Gasteiger partial charge in [0.15, 0.2) is 10.6 Å². The molecule has 21 heavy (non-hydrogen) atoms. The maximum absolute atomic E-state index is 5.57. The van der Waals surface area contributed by atoms with Crippen molar-refractivity contribution in [3.63, 3.8) is 0 Å². The summed E-state index contributed by atoms with van der Waals surface area (Å²) in [6.45, 7) is 7.00. The highest BCUT2D eigenvalue weighted by atomic mass is 32.1. The highest BCUT2D eigenvalue weighted by molar-refractivity contribution is 7.71. The van der Waals surface area contributed by atoms with Crippen molar-refractivity contribution in [2.45, 2.75) is 20.1 Å². The summed E-state index contributed by atoms with van der Waals surface area (Å²) >= 11 is 5.57. The molecule has 0 atom stereocenters. The van der Waals surface area contributed by atoms with E-state index in [2.05, 4.69) is 21.4 Å². The summed E-state index contributed by atoms with van der Waals surface area (Å²) in [7, 11) is 0. The summed E-state index contributed by atoms with van der Waals surface area (Å²) in [5.41, 5.74) is 1.04. The van der Waals surface area contributed by atoms with Crippen LogP contribution in [0.2, 0.25) is 0 Å². The van der Waals surface area contributed by atoms with Crippen molar-refractivity contribution < 1.29 is 4.74 Å². The van der Waals surface area contributed by atoms with Crippen molar-refractivity contribution in [2.75, 3.05) is 26.3 Å². The topological polar surface area (TPSA) is 48.1 Å². The SMILES string of the molecule is CCn1c(-c2ccncc2)nn(CN2CCOCC2)c1=S. The highest BCUT2D eigenvalue weighted by Crippen LogP contribution is 2.17. The summed E-state index contributed by atoms with van der Waals surface area (Å²) in [5, 5.41) is 4.71. The minimum Gasteiger partial charge on any atom is -0.379 e. The average molecular weight is 305 g/mol. The molecule has 3 heterocycles. The van der Waals surface area contributed by atoms with E-state index in [1.54, 1.807) is 12.4 Å². The van der Waals surface area contributed by atoms with Gasteiger partial charge in [0.25, 0.3) is 0 Å². The predicted molar refractivity (Wildman–Crippen MR) is 82.3 cm³/mol. The third kappa shape index (κ3) is 3.04. The van der Waals surface area contributed by atoms with Crippen LogP contribution in [-0.2, 0) is 18.0 Å². The molecule has 0 aromatic carbocycles. The first-order valence-electron chi connectivity index (χ1n) is 7.17. The van der Waals surface area contributed by atoms with Crippen molar-refractivity contribution in [3.05, 3.63) is 29.3 Å². The van der Waals surface area contributed by atoms with E-state index in [-0.39, 0.29) is 0 Å². The number of aromatic nitrogens is 4. The highest BCUT2D eigenvalue weighted by Gasteiger charge is 2.15. The summed E-state index contributed by atoms with van der Waals surface area (Å²) < 4.78 is 10.1. The molecule has 1 aliphatic rings. The van der Waals surface area contributed by atoms with Gasteiger partial charge in [0.05, 0.1) is 19.9 Å². The van der Waals surface area contributed by atoms with Gasteiger partial charge in [0.2, 0.25) is 0 Å². The molecule has 112 valence electrons. The van der Waals surface area contributed by atoms with Crippen molar-refractivity contribution >= 4 is 12.2 Å². The lowest BCUT2D eigenvalue weighted by molar-refractivity contribution is 0.0209. The molecular formula is C14H19N5OS. The molecule has 0 amide bonds. The molecule has 7 heteroatoms. The molecule has 2 aromatic rings. The standard InChI is InChI=1S/C14H19N5OS/c1-2-18-13(12-3-5-15-6-4-12)16-19(14(18)21)11-17-7-9-20-10-8-17/h3-6H,2,7-11H2,1H3. The van der Waals surface area contributed by atoms with Crippen LogP contribution in [0.15, 0.2) is 24.5 Å². The molecule has 6 nitrogen and oxygen atoms in total. The third-order valence-corrected chi connectivity index (χ3v) is 4.05. The molecule has 0 spiro atoms. The van der Waals surface area contributed by atoms with Crippen LogP contribution in [0, 0.1) is 4.77 Å². The lowest BCUT2D eigenvalue weighted by Crippen LogP contribution is -2.37. The van der Waals surface area contributed by atoms with Crippen LogP contribution in [0.25, 0.3) is 11.4 Å². The number of morpholine rings is 1. The Bertz CT molecular complexity index is 645. The summed E-state index contributed by atoms with van der Waals surface area (Å²) in [5.74, 6) is 0.901. The van der Waals surface area contributed by atoms with Gasteiger partial charge in [-0.1, -0.05) is 0 Å². The number of nitrogens with zero attached hydrogens (tertiary/aromatic N) is 5. The fourth-order valence-corrected chi connectivity index (χ4v) is 2.78. The Balaban J connectivity index is 1.92. The number of ether oxygens (including phenoxy) is 1. The molecule has 1 fully saturated rings. The van der Waals surface area contributed by atoms with E-state index in [4.69, 9.17) is 22.1 Å². The van der Waals surface area contributed by atoms with E-state index in [1.165, 1.54) is 0 Å². The van der Waals surface area contributed by atoms with Crippen molar-refractivity contribution in [1.82, 2.24) is 24.2 Å². The number of hydrogen-bond acceptors (Lipinski definition) is 5. The maximum Gasteiger partial charge on any atom is 0.199 e. The fraction of sp³-hybridized carbons (Fsp3) is 0.500. The number of rotatable bonds is 4. The van der Waals surface area contributed by atoms with Crippen molar-refractivity contribution in [2.24, 2.45) is 0 Å². The Labute approximate surface area is 129 Å². The van der Waals surface area contributed by atoms with E-state index in [0.29, 0.717) is 6.67 Å². The Morgan fingerprint density at radius 3 is 2.62 bits per heavy atom. The van der Waals surface area contributed by atoms with Crippen LogP contribution in [0.1, 0.15) is 6.92 Å². The van der Waals surface area contributed by atoms with E-state index in [9.17, 15) is 0 Å². The molecule has 0 unspecified atom stereocenters. The van der Waals surface area contributed by atoms with Gasteiger partial charge in [-0.05, 0) is 31.3 Å². The lowest BCUT2D eigenvalue weighted by atomic mass is 10.2. The van der Waals surface area contributed by atoms with E-state index >= 15 is 0 Å². The van der Waals surface area contributed by atoms with Gasteiger partial charge in [-0.25, -0.2) is 4.68 Å². The molecule has 2 aromatic heterocycles. The predicted octanol–water partition coefficient (Wildman–Crippen LogP) is 1.79. The fourth-order valence-electron chi connectivity index (χ4n) is 2.46. The van der Waals surface area contributed by atoms with Crippen LogP contribution in [0.4, 0.5) is 0 Å².